The van der Waals surface area contributed by atoms with Gasteiger partial charge < -0.3 is 4.42 Å². The van der Waals surface area contributed by atoms with E-state index in [1.165, 1.54) is 17.6 Å². The van der Waals surface area contributed by atoms with E-state index in [0.29, 0.717) is 4.88 Å². The minimum absolute atomic E-state index is 0.152. The van der Waals surface area contributed by atoms with E-state index in [4.69, 9.17) is 4.42 Å². The molecule has 0 aliphatic heterocycles. The number of fused-ring (bicyclic) bond motifs is 1. The van der Waals surface area contributed by atoms with Crippen LogP contribution in [0.3, 0.4) is 0 Å². The fourth-order valence-electron chi connectivity index (χ4n) is 1.88. The van der Waals surface area contributed by atoms with Crippen molar-refractivity contribution in [3.05, 3.63) is 59.4 Å². The molecule has 2 heterocycles. The number of hydrogen-bond acceptors (Lipinski definition) is 4. The normalized spacial score (nSPS) is 10.7. The van der Waals surface area contributed by atoms with E-state index in [0.717, 1.165) is 10.1 Å². The minimum Gasteiger partial charge on any atom is -0.461 e. The molecule has 4 heteroatoms. The Kier molecular flexibility index (Phi) is 3.01. The molecule has 0 unspecified atom stereocenters. The van der Waals surface area contributed by atoms with Gasteiger partial charge in [0.2, 0.25) is 5.78 Å². The highest BCUT2D eigenvalue weighted by Crippen LogP contribution is 2.26. The topological polar surface area (TPSA) is 47.3 Å². The SMILES string of the molecule is O=C(CC(=O)c1cc2ccccc2s1)c1ccco1. The first kappa shape index (κ1) is 11.9. The van der Waals surface area contributed by atoms with Crippen LogP contribution in [-0.4, -0.2) is 11.6 Å². The predicted molar refractivity (Wildman–Crippen MR) is 73.8 cm³/mol. The molecule has 2 aromatic heterocycles. The van der Waals surface area contributed by atoms with Crippen LogP contribution in [0.25, 0.3) is 10.1 Å². The Bertz CT molecular complexity index is 705. The third-order valence-corrected chi connectivity index (χ3v) is 3.97. The van der Waals surface area contributed by atoms with E-state index in [-0.39, 0.29) is 23.7 Å². The van der Waals surface area contributed by atoms with Crippen LogP contribution in [0.15, 0.2) is 53.1 Å². The molecule has 0 atom stereocenters. The summed E-state index contributed by atoms with van der Waals surface area (Å²) in [4.78, 5) is 24.5. The summed E-state index contributed by atoms with van der Waals surface area (Å²) in [6.07, 6.45) is 1.28. The molecule has 0 radical (unpaired) electrons. The smallest absolute Gasteiger partial charge is 0.205 e. The first-order valence-electron chi connectivity index (χ1n) is 5.82. The van der Waals surface area contributed by atoms with Gasteiger partial charge in [-0.25, -0.2) is 0 Å². The first-order valence-corrected chi connectivity index (χ1v) is 6.64. The van der Waals surface area contributed by atoms with Gasteiger partial charge in [-0.3, -0.25) is 9.59 Å². The van der Waals surface area contributed by atoms with E-state index in [9.17, 15) is 9.59 Å². The van der Waals surface area contributed by atoms with Gasteiger partial charge in [0.15, 0.2) is 11.5 Å². The summed E-state index contributed by atoms with van der Waals surface area (Å²) in [7, 11) is 0. The van der Waals surface area contributed by atoms with Crippen LogP contribution in [0, 0.1) is 0 Å². The van der Waals surface area contributed by atoms with Gasteiger partial charge in [-0.1, -0.05) is 18.2 Å². The zero-order valence-corrected chi connectivity index (χ0v) is 10.8. The number of hydrogen-bond donors (Lipinski definition) is 0. The molecule has 0 bridgehead atoms. The maximum atomic E-state index is 12.1. The van der Waals surface area contributed by atoms with Gasteiger partial charge in [-0.15, -0.1) is 11.3 Å². The van der Waals surface area contributed by atoms with Crippen molar-refractivity contribution in [2.24, 2.45) is 0 Å². The van der Waals surface area contributed by atoms with Crippen molar-refractivity contribution in [3.8, 4) is 0 Å². The van der Waals surface area contributed by atoms with Crippen molar-refractivity contribution in [2.75, 3.05) is 0 Å². The molecule has 0 spiro atoms. The largest absolute Gasteiger partial charge is 0.461 e. The number of benzene rings is 1. The Morgan fingerprint density at radius 3 is 2.63 bits per heavy atom. The van der Waals surface area contributed by atoms with Gasteiger partial charge in [0, 0.05) is 4.70 Å². The quantitative estimate of drug-likeness (QED) is 0.532. The third-order valence-electron chi connectivity index (χ3n) is 2.82. The monoisotopic (exact) mass is 270 g/mol. The van der Waals surface area contributed by atoms with Gasteiger partial charge in [0.25, 0.3) is 0 Å². The fraction of sp³-hybridized carbons (Fsp3) is 0.0667. The number of rotatable bonds is 4. The van der Waals surface area contributed by atoms with Crippen molar-refractivity contribution < 1.29 is 14.0 Å². The van der Waals surface area contributed by atoms with Crippen LogP contribution in [0.2, 0.25) is 0 Å². The molecule has 0 aliphatic carbocycles. The third kappa shape index (κ3) is 2.35. The summed E-state index contributed by atoms with van der Waals surface area (Å²) in [5.74, 6) is -0.218. The van der Waals surface area contributed by atoms with Crippen molar-refractivity contribution in [2.45, 2.75) is 6.42 Å². The fourth-order valence-corrected chi connectivity index (χ4v) is 2.88. The second-order valence-corrected chi connectivity index (χ2v) is 5.23. The standard InChI is InChI=1S/C15H10O3S/c16-11(13-5-3-7-18-13)9-12(17)15-8-10-4-1-2-6-14(10)19-15/h1-8H,9H2. The predicted octanol–water partition coefficient (Wildman–Crippen LogP) is 3.95. The summed E-state index contributed by atoms with van der Waals surface area (Å²) < 4.78 is 6.04. The summed E-state index contributed by atoms with van der Waals surface area (Å²) >= 11 is 1.41. The Morgan fingerprint density at radius 1 is 1.05 bits per heavy atom. The zero-order valence-electron chi connectivity index (χ0n) is 9.96. The molecule has 0 aliphatic rings. The van der Waals surface area contributed by atoms with E-state index < -0.39 is 0 Å². The lowest BCUT2D eigenvalue weighted by atomic mass is 10.1. The molecule has 3 nitrogen and oxygen atoms in total. The Hall–Kier alpha value is -2.20. The van der Waals surface area contributed by atoms with Gasteiger partial charge >= 0.3 is 0 Å². The molecular weight excluding hydrogens is 260 g/mol. The summed E-state index contributed by atoms with van der Waals surface area (Å²) in [5.41, 5.74) is 0. The number of ketones is 2. The molecule has 3 aromatic rings. The lowest BCUT2D eigenvalue weighted by Gasteiger charge is -1.94. The summed E-state index contributed by atoms with van der Waals surface area (Å²) in [6.45, 7) is 0. The number of carbonyl (C=O) groups excluding carboxylic acids is 2. The Morgan fingerprint density at radius 2 is 1.89 bits per heavy atom. The highest BCUT2D eigenvalue weighted by atomic mass is 32.1. The molecule has 1 aromatic carbocycles. The Balaban J connectivity index is 1.82. The number of furan rings is 1. The lowest BCUT2D eigenvalue weighted by Crippen LogP contribution is -2.06. The van der Waals surface area contributed by atoms with E-state index in [1.54, 1.807) is 12.1 Å². The zero-order chi connectivity index (χ0) is 13.2. The molecule has 0 saturated carbocycles. The number of Topliss-reactive ketones (excluding diaryl/α,β-unsaturated/α-hetero) is 2. The summed E-state index contributed by atoms with van der Waals surface area (Å²) in [6, 6.07) is 12.8. The van der Waals surface area contributed by atoms with Crippen molar-refractivity contribution in [1.29, 1.82) is 0 Å². The highest BCUT2D eigenvalue weighted by molar-refractivity contribution is 7.20. The van der Waals surface area contributed by atoms with Gasteiger partial charge in [-0.2, -0.15) is 0 Å². The van der Waals surface area contributed by atoms with Crippen LogP contribution in [0.1, 0.15) is 26.6 Å². The van der Waals surface area contributed by atoms with Crippen LogP contribution in [-0.2, 0) is 0 Å². The maximum Gasteiger partial charge on any atom is 0.205 e. The van der Waals surface area contributed by atoms with Gasteiger partial charge in [0.1, 0.15) is 0 Å². The summed E-state index contributed by atoms with van der Waals surface area (Å²) in [5, 5.41) is 1.03. The van der Waals surface area contributed by atoms with E-state index in [1.807, 2.05) is 30.3 Å². The van der Waals surface area contributed by atoms with Crippen LogP contribution < -0.4 is 0 Å². The van der Waals surface area contributed by atoms with Crippen LogP contribution in [0.4, 0.5) is 0 Å². The molecule has 0 N–H and O–H groups in total. The number of thiophene rings is 1. The minimum atomic E-state index is -0.285. The first-order chi connectivity index (χ1) is 9.24. The molecule has 0 amide bonds. The lowest BCUT2D eigenvalue weighted by molar-refractivity contribution is 0.0880. The molecule has 19 heavy (non-hydrogen) atoms. The van der Waals surface area contributed by atoms with Crippen molar-refractivity contribution in [1.82, 2.24) is 0 Å². The van der Waals surface area contributed by atoms with Crippen LogP contribution in [0.5, 0.6) is 0 Å². The average Bonchev–Trinajstić information content (AvgIpc) is 3.07. The second-order valence-electron chi connectivity index (χ2n) is 4.15. The van der Waals surface area contributed by atoms with Crippen molar-refractivity contribution >= 4 is 33.0 Å². The van der Waals surface area contributed by atoms with Crippen molar-refractivity contribution in [3.63, 3.8) is 0 Å². The molecule has 0 fully saturated rings. The molecule has 3 rings (SSSR count). The van der Waals surface area contributed by atoms with E-state index in [2.05, 4.69) is 0 Å². The van der Waals surface area contributed by atoms with Gasteiger partial charge in [-0.05, 0) is 29.7 Å². The molecular formula is C15H10O3S. The molecule has 94 valence electrons. The number of carbonyl (C=O) groups is 2. The van der Waals surface area contributed by atoms with Crippen LogP contribution >= 0.6 is 11.3 Å². The average molecular weight is 270 g/mol. The van der Waals surface area contributed by atoms with Gasteiger partial charge in [0.05, 0.1) is 17.6 Å². The maximum absolute atomic E-state index is 12.1. The highest BCUT2D eigenvalue weighted by Gasteiger charge is 2.17. The Labute approximate surface area is 113 Å². The van der Waals surface area contributed by atoms with E-state index >= 15 is 0 Å². The molecule has 0 saturated heterocycles. The second kappa shape index (κ2) is 4.82.